The molecule has 6 nitrogen and oxygen atoms in total. The molecule has 3 aromatic rings. The molecule has 7 heteroatoms. The van der Waals surface area contributed by atoms with Crippen LogP contribution in [0.5, 0.6) is 0 Å². The van der Waals surface area contributed by atoms with Crippen LogP contribution in [-0.2, 0) is 28.7 Å². The fraction of sp³-hybridized carbons (Fsp3) is 0.393. The maximum absolute atomic E-state index is 15.2. The van der Waals surface area contributed by atoms with Crippen LogP contribution < -0.4 is 4.90 Å². The molecule has 0 N–H and O–H groups in total. The Bertz CT molecular complexity index is 1310. The summed E-state index contributed by atoms with van der Waals surface area (Å²) in [5, 5.41) is 4.16. The highest BCUT2D eigenvalue weighted by Gasteiger charge is 2.61. The fourth-order valence-electron chi connectivity index (χ4n) is 6.08. The van der Waals surface area contributed by atoms with E-state index in [9.17, 15) is 9.59 Å². The number of rotatable bonds is 4. The van der Waals surface area contributed by atoms with Crippen LogP contribution in [0.25, 0.3) is 11.1 Å². The van der Waals surface area contributed by atoms with Crippen molar-refractivity contribution in [2.45, 2.75) is 50.6 Å². The minimum atomic E-state index is -0.947. The third-order valence-corrected chi connectivity index (χ3v) is 8.04. The first-order chi connectivity index (χ1) is 17.0. The smallest absolute Gasteiger partial charge is 0.258 e. The van der Waals surface area contributed by atoms with Gasteiger partial charge in [0.05, 0.1) is 18.4 Å². The molecule has 1 unspecified atom stereocenters. The second kappa shape index (κ2) is 8.33. The number of carbonyl (C=O) groups excluding carboxylic acids is 2. The Hall–Kier alpha value is -3.48. The first-order valence-corrected chi connectivity index (χ1v) is 12.5. The van der Waals surface area contributed by atoms with E-state index >= 15 is 4.39 Å². The number of hydrogen-bond donors (Lipinski definition) is 0. The molecule has 1 saturated heterocycles. The topological polar surface area (TPSA) is 58.4 Å². The molecule has 2 fully saturated rings. The molecule has 1 atom stereocenters. The van der Waals surface area contributed by atoms with Crippen molar-refractivity contribution < 1.29 is 14.0 Å². The number of hydrogen-bond acceptors (Lipinski definition) is 3. The van der Waals surface area contributed by atoms with E-state index in [0.717, 1.165) is 48.1 Å². The number of para-hydroxylation sites is 1. The van der Waals surface area contributed by atoms with Crippen LogP contribution in [0, 0.1) is 11.7 Å². The molecule has 0 radical (unpaired) electrons. The van der Waals surface area contributed by atoms with E-state index in [0.29, 0.717) is 18.5 Å². The molecule has 2 aliphatic heterocycles. The van der Waals surface area contributed by atoms with Crippen molar-refractivity contribution in [1.29, 1.82) is 0 Å². The summed E-state index contributed by atoms with van der Waals surface area (Å²) in [5.41, 5.74) is 2.72. The average molecular weight is 473 g/mol. The summed E-state index contributed by atoms with van der Waals surface area (Å²) < 4.78 is 16.9. The zero-order valence-electron chi connectivity index (χ0n) is 19.9. The van der Waals surface area contributed by atoms with Gasteiger partial charge in [0.2, 0.25) is 5.91 Å². The Balaban J connectivity index is 1.31. The molecule has 2 aromatic carbocycles. The summed E-state index contributed by atoms with van der Waals surface area (Å²) in [4.78, 5) is 30.9. The van der Waals surface area contributed by atoms with Crippen LogP contribution >= 0.6 is 0 Å². The van der Waals surface area contributed by atoms with E-state index < -0.39 is 5.54 Å². The van der Waals surface area contributed by atoms with Gasteiger partial charge in [0.25, 0.3) is 5.91 Å². The fourth-order valence-corrected chi connectivity index (χ4v) is 6.08. The zero-order valence-corrected chi connectivity index (χ0v) is 19.9. The summed E-state index contributed by atoms with van der Waals surface area (Å²) >= 11 is 0. The van der Waals surface area contributed by atoms with Gasteiger partial charge in [0, 0.05) is 48.8 Å². The number of fused-ring (bicyclic) bond motifs is 2. The largest absolute Gasteiger partial charge is 0.324 e. The lowest BCUT2D eigenvalue weighted by molar-refractivity contribution is -0.162. The third-order valence-electron chi connectivity index (χ3n) is 8.04. The lowest BCUT2D eigenvalue weighted by Crippen LogP contribution is -2.65. The summed E-state index contributed by atoms with van der Waals surface area (Å²) in [6, 6.07) is 12.8. The number of nitrogens with zero attached hydrogens (tertiary/aromatic N) is 4. The van der Waals surface area contributed by atoms with Gasteiger partial charge in [-0.1, -0.05) is 49.6 Å². The van der Waals surface area contributed by atoms with Crippen LogP contribution in [0.2, 0.25) is 0 Å². The number of carbonyl (C=O) groups is 2. The first kappa shape index (κ1) is 22.0. The predicted octanol–water partition coefficient (Wildman–Crippen LogP) is 4.78. The van der Waals surface area contributed by atoms with E-state index in [2.05, 4.69) is 5.10 Å². The number of benzene rings is 2. The zero-order chi connectivity index (χ0) is 24.2. The van der Waals surface area contributed by atoms with Crippen molar-refractivity contribution in [1.82, 2.24) is 14.7 Å². The van der Waals surface area contributed by atoms with Gasteiger partial charge in [-0.25, -0.2) is 4.39 Å². The molecule has 6 rings (SSSR count). The average Bonchev–Trinajstić information content (AvgIpc) is 3.40. The molecule has 1 saturated carbocycles. The summed E-state index contributed by atoms with van der Waals surface area (Å²) in [5.74, 6) is -0.369. The van der Waals surface area contributed by atoms with Gasteiger partial charge >= 0.3 is 0 Å². The highest BCUT2D eigenvalue weighted by atomic mass is 19.1. The van der Waals surface area contributed by atoms with Crippen LogP contribution in [-0.4, -0.2) is 33.0 Å². The van der Waals surface area contributed by atoms with Crippen molar-refractivity contribution >= 4 is 17.5 Å². The summed E-state index contributed by atoms with van der Waals surface area (Å²) in [7, 11) is 1.82. The van der Waals surface area contributed by atoms with E-state index in [1.807, 2.05) is 48.5 Å². The number of aromatic nitrogens is 2. The van der Waals surface area contributed by atoms with Gasteiger partial charge in [-0.2, -0.15) is 5.10 Å². The van der Waals surface area contributed by atoms with Crippen molar-refractivity contribution in [2.75, 3.05) is 11.4 Å². The number of likely N-dealkylation sites (tertiary alicyclic amines) is 1. The quantitative estimate of drug-likeness (QED) is 0.549. The van der Waals surface area contributed by atoms with Crippen LogP contribution in [0.15, 0.2) is 54.9 Å². The summed E-state index contributed by atoms with van der Waals surface area (Å²) in [6.07, 6.45) is 9.28. The van der Waals surface area contributed by atoms with Crippen molar-refractivity contribution in [2.24, 2.45) is 13.0 Å². The number of aryl methyl sites for hydroxylation is 1. The summed E-state index contributed by atoms with van der Waals surface area (Å²) in [6.45, 7) is 0.722. The standard InChI is InChI=1S/C28H29FN4O2/c1-31-17-22(16-30-31)20-11-12-21(24(29)15-20)18-32-25-10-6-5-9-23(25)28(27(32)35)13-14-33(28)26(34)19-7-3-2-4-8-19/h5-6,9-12,15-17,19H,2-4,7-8,13-14,18H2,1H3. The predicted molar refractivity (Wildman–Crippen MR) is 131 cm³/mol. The minimum absolute atomic E-state index is 0.00685. The third kappa shape index (κ3) is 3.39. The van der Waals surface area contributed by atoms with Gasteiger partial charge in [-0.05, 0) is 30.5 Å². The van der Waals surface area contributed by atoms with Crippen LogP contribution in [0.3, 0.4) is 0 Å². The van der Waals surface area contributed by atoms with Gasteiger partial charge < -0.3 is 9.80 Å². The second-order valence-corrected chi connectivity index (χ2v) is 10.1. The molecule has 0 bridgehead atoms. The highest BCUT2D eigenvalue weighted by Crippen LogP contribution is 2.52. The Labute approximate surface area is 204 Å². The molecular weight excluding hydrogens is 443 g/mol. The monoisotopic (exact) mass is 472 g/mol. The minimum Gasteiger partial charge on any atom is -0.324 e. The van der Waals surface area contributed by atoms with Crippen molar-refractivity contribution in [3.05, 3.63) is 71.8 Å². The maximum atomic E-state index is 15.2. The van der Waals surface area contributed by atoms with Gasteiger partial charge in [-0.3, -0.25) is 14.3 Å². The molecule has 3 heterocycles. The van der Waals surface area contributed by atoms with Gasteiger partial charge in [0.15, 0.2) is 5.54 Å². The molecule has 35 heavy (non-hydrogen) atoms. The van der Waals surface area contributed by atoms with Crippen molar-refractivity contribution in [3.8, 4) is 11.1 Å². The van der Waals surface area contributed by atoms with Crippen LogP contribution in [0.4, 0.5) is 10.1 Å². The Morgan fingerprint density at radius 1 is 1.11 bits per heavy atom. The normalized spacial score (nSPS) is 21.9. The lowest BCUT2D eigenvalue weighted by Gasteiger charge is -2.50. The SMILES string of the molecule is Cn1cc(-c2ccc(CN3C(=O)C4(CCN4C(=O)C4CCCCC4)c4ccccc43)c(F)c2)cn1. The maximum Gasteiger partial charge on any atom is 0.258 e. The first-order valence-electron chi connectivity index (χ1n) is 12.5. The Morgan fingerprint density at radius 3 is 2.60 bits per heavy atom. The Kier molecular flexibility index (Phi) is 5.24. The number of amides is 2. The second-order valence-electron chi connectivity index (χ2n) is 10.1. The number of anilines is 1. The molecule has 1 aromatic heterocycles. The number of halogens is 1. The molecule has 3 aliphatic rings. The van der Waals surface area contributed by atoms with E-state index in [4.69, 9.17) is 0 Å². The molecule has 180 valence electrons. The van der Waals surface area contributed by atoms with E-state index in [-0.39, 0.29) is 30.1 Å². The van der Waals surface area contributed by atoms with Crippen LogP contribution in [0.1, 0.15) is 49.7 Å². The van der Waals surface area contributed by atoms with E-state index in [1.165, 1.54) is 12.5 Å². The van der Waals surface area contributed by atoms with Crippen molar-refractivity contribution in [3.63, 3.8) is 0 Å². The van der Waals surface area contributed by atoms with Gasteiger partial charge in [-0.15, -0.1) is 0 Å². The molecular formula is C28H29FN4O2. The lowest BCUT2D eigenvalue weighted by atomic mass is 9.77. The molecule has 2 amide bonds. The van der Waals surface area contributed by atoms with Gasteiger partial charge in [0.1, 0.15) is 5.82 Å². The van der Waals surface area contributed by atoms with E-state index in [1.54, 1.807) is 21.8 Å². The molecule has 1 spiro atoms. The Morgan fingerprint density at radius 2 is 1.91 bits per heavy atom. The highest BCUT2D eigenvalue weighted by molar-refractivity contribution is 6.10. The molecule has 1 aliphatic carbocycles.